The second kappa shape index (κ2) is 15.2. The van der Waals surface area contributed by atoms with E-state index in [1.807, 2.05) is 44.4 Å². The minimum atomic E-state index is -0.779. The number of nitrogens with zero attached hydrogens (tertiary/aromatic N) is 1. The number of alkyl carbamates (subject to hydrolysis) is 1. The Balaban J connectivity index is 1.58. The van der Waals surface area contributed by atoms with Crippen LogP contribution in [-0.4, -0.2) is 48.2 Å². The normalized spacial score (nSPS) is 12.0. The number of pyridine rings is 1. The highest BCUT2D eigenvalue weighted by Crippen LogP contribution is 2.43. The Labute approximate surface area is 301 Å². The Bertz CT molecular complexity index is 2020. The number of rotatable bonds is 9. The Hall–Kier alpha value is -5.49. The van der Waals surface area contributed by atoms with Crippen LogP contribution in [0.2, 0.25) is 0 Å². The number of aromatic nitrogens is 1. The van der Waals surface area contributed by atoms with Gasteiger partial charge in [0.1, 0.15) is 17.0 Å². The number of aryl methyl sites for hydroxylation is 2. The first-order valence-corrected chi connectivity index (χ1v) is 17.4. The third kappa shape index (κ3) is 8.46. The van der Waals surface area contributed by atoms with Crippen molar-refractivity contribution < 1.29 is 33.4 Å². The van der Waals surface area contributed by atoms with Crippen molar-refractivity contribution >= 4 is 40.9 Å². The van der Waals surface area contributed by atoms with E-state index in [1.165, 1.54) is 13.2 Å². The van der Waals surface area contributed by atoms with Gasteiger partial charge in [-0.15, -0.1) is 11.3 Å². The molecule has 0 bridgehead atoms. The highest BCUT2D eigenvalue weighted by Gasteiger charge is 2.27. The van der Waals surface area contributed by atoms with Crippen molar-refractivity contribution in [2.45, 2.75) is 66.5 Å². The van der Waals surface area contributed by atoms with E-state index in [0.717, 1.165) is 32.7 Å². The maximum atomic E-state index is 14.4. The van der Waals surface area contributed by atoms with Crippen LogP contribution in [0.3, 0.4) is 0 Å². The summed E-state index contributed by atoms with van der Waals surface area (Å²) < 4.78 is 16.6. The van der Waals surface area contributed by atoms with Crippen LogP contribution < -0.4 is 20.7 Å². The van der Waals surface area contributed by atoms with Gasteiger partial charge in [0.25, 0.3) is 11.8 Å². The number of amides is 3. The fourth-order valence-corrected chi connectivity index (χ4v) is 6.69. The number of allylic oxidation sites excluding steroid dienone is 1. The van der Waals surface area contributed by atoms with Crippen molar-refractivity contribution in [1.82, 2.24) is 15.6 Å². The first kappa shape index (κ1) is 36.8. The summed E-state index contributed by atoms with van der Waals surface area (Å²) in [5.74, 6) is -1.19. The van der Waals surface area contributed by atoms with Gasteiger partial charge in [-0.25, -0.2) is 14.6 Å². The molecule has 0 saturated heterocycles. The van der Waals surface area contributed by atoms with Gasteiger partial charge in [-0.2, -0.15) is 0 Å². The molecule has 3 amide bonds. The zero-order valence-electron chi connectivity index (χ0n) is 29.9. The standard InChI is InChI=1S/C39H42N4O7S/c1-9-23(4)41-36(45)30-11-10-26(33(42-30)37(46)48-8)27-19-31-29(34-25(12-14-49-31)13-15-51-34)18-28(27)35(44)43-32-21(2)16-24(17-22(32)3)20-40-38(47)50-39(5,6)7/h10-11,13,15-19H,4,9,12,14,20H2,1-3,5-8H3,(H,40,47)(H,41,45)(H,43,44). The van der Waals surface area contributed by atoms with Gasteiger partial charge in [-0.1, -0.05) is 25.6 Å². The number of fused-ring (bicyclic) bond motifs is 3. The number of thiophene rings is 1. The molecule has 266 valence electrons. The molecule has 4 aromatic rings. The van der Waals surface area contributed by atoms with Crippen molar-refractivity contribution in [2.24, 2.45) is 0 Å². The molecule has 3 heterocycles. The summed E-state index contributed by atoms with van der Waals surface area (Å²) in [6.07, 6.45) is 0.696. The average molecular weight is 711 g/mol. The summed E-state index contributed by atoms with van der Waals surface area (Å²) in [6, 6.07) is 12.4. The topological polar surface area (TPSA) is 145 Å². The molecule has 1 aliphatic rings. The number of esters is 1. The summed E-state index contributed by atoms with van der Waals surface area (Å²) in [6.45, 7) is 15.5. The summed E-state index contributed by atoms with van der Waals surface area (Å²) in [5, 5.41) is 10.6. The second-order valence-corrected chi connectivity index (χ2v) is 14.1. The molecule has 2 aromatic heterocycles. The fraction of sp³-hybridized carbons (Fsp3) is 0.308. The predicted molar refractivity (Wildman–Crippen MR) is 197 cm³/mol. The highest BCUT2D eigenvalue weighted by atomic mass is 32.1. The van der Waals surface area contributed by atoms with Gasteiger partial charge in [0.15, 0.2) is 5.69 Å². The number of hydrogen-bond acceptors (Lipinski definition) is 9. The van der Waals surface area contributed by atoms with Gasteiger partial charge in [-0.05, 0) is 99.0 Å². The van der Waals surface area contributed by atoms with Crippen molar-refractivity contribution in [3.05, 3.63) is 99.3 Å². The lowest BCUT2D eigenvalue weighted by molar-refractivity contribution is 0.0522. The van der Waals surface area contributed by atoms with Gasteiger partial charge in [0.2, 0.25) is 0 Å². The number of carbonyl (C=O) groups excluding carboxylic acids is 4. The summed E-state index contributed by atoms with van der Waals surface area (Å²) in [5.41, 5.74) is 5.52. The lowest BCUT2D eigenvalue weighted by Gasteiger charge is -2.20. The molecule has 0 unspecified atom stereocenters. The summed E-state index contributed by atoms with van der Waals surface area (Å²) in [7, 11) is 1.23. The molecule has 11 nitrogen and oxygen atoms in total. The summed E-state index contributed by atoms with van der Waals surface area (Å²) in [4.78, 5) is 58.2. The van der Waals surface area contributed by atoms with Crippen LogP contribution in [0.15, 0.2) is 60.1 Å². The summed E-state index contributed by atoms with van der Waals surface area (Å²) >= 11 is 1.56. The van der Waals surface area contributed by atoms with Crippen molar-refractivity contribution in [2.75, 3.05) is 19.0 Å². The Morgan fingerprint density at radius 3 is 2.37 bits per heavy atom. The largest absolute Gasteiger partial charge is 0.493 e. The third-order valence-corrected chi connectivity index (χ3v) is 9.16. The molecule has 1 aliphatic heterocycles. The first-order valence-electron chi connectivity index (χ1n) is 16.5. The van der Waals surface area contributed by atoms with E-state index in [2.05, 4.69) is 27.5 Å². The van der Waals surface area contributed by atoms with Gasteiger partial charge < -0.3 is 30.2 Å². The highest BCUT2D eigenvalue weighted by molar-refractivity contribution is 7.13. The van der Waals surface area contributed by atoms with Crippen LogP contribution in [0.1, 0.15) is 87.7 Å². The van der Waals surface area contributed by atoms with Gasteiger partial charge in [-0.3, -0.25) is 9.59 Å². The lowest BCUT2D eigenvalue weighted by atomic mass is 9.93. The van der Waals surface area contributed by atoms with Gasteiger partial charge in [0, 0.05) is 51.5 Å². The van der Waals surface area contributed by atoms with Gasteiger partial charge in [0.05, 0.1) is 13.7 Å². The molecule has 0 radical (unpaired) electrons. The molecule has 3 N–H and O–H groups in total. The SMILES string of the molecule is C=C(CC)NC(=O)c1ccc(-c2cc3c(cc2C(=O)Nc2c(C)cc(CNC(=O)OC(C)(C)C)cc2C)-c2sccc2CCO3)c(C(=O)OC)n1. The smallest absolute Gasteiger partial charge is 0.407 e. The maximum absolute atomic E-state index is 14.4. The monoisotopic (exact) mass is 710 g/mol. The zero-order chi connectivity index (χ0) is 37.0. The Morgan fingerprint density at radius 2 is 1.71 bits per heavy atom. The van der Waals surface area contributed by atoms with E-state index in [0.29, 0.717) is 42.1 Å². The minimum Gasteiger partial charge on any atom is -0.493 e. The van der Waals surface area contributed by atoms with E-state index in [1.54, 1.807) is 50.3 Å². The van der Waals surface area contributed by atoms with Crippen LogP contribution in [0.4, 0.5) is 10.5 Å². The van der Waals surface area contributed by atoms with Crippen molar-refractivity contribution in [3.8, 4) is 27.3 Å². The second-order valence-electron chi connectivity index (χ2n) is 13.2. The lowest BCUT2D eigenvalue weighted by Crippen LogP contribution is -2.32. The van der Waals surface area contributed by atoms with Gasteiger partial charge >= 0.3 is 12.1 Å². The molecule has 0 fully saturated rings. The van der Waals surface area contributed by atoms with E-state index in [9.17, 15) is 19.2 Å². The first-order chi connectivity index (χ1) is 24.2. The molecule has 5 rings (SSSR count). The molecular weight excluding hydrogens is 669 g/mol. The maximum Gasteiger partial charge on any atom is 0.407 e. The predicted octanol–water partition coefficient (Wildman–Crippen LogP) is 7.75. The zero-order valence-corrected chi connectivity index (χ0v) is 30.7. The fourth-order valence-electron chi connectivity index (χ4n) is 5.72. The number of ether oxygens (including phenoxy) is 3. The van der Waals surface area contributed by atoms with Crippen LogP contribution in [-0.2, 0) is 22.4 Å². The average Bonchev–Trinajstić information content (AvgIpc) is 3.48. The van der Waals surface area contributed by atoms with E-state index < -0.39 is 29.5 Å². The van der Waals surface area contributed by atoms with E-state index in [-0.39, 0.29) is 29.1 Å². The molecule has 2 aromatic carbocycles. The molecule has 0 aliphatic carbocycles. The van der Waals surface area contributed by atoms with Crippen LogP contribution >= 0.6 is 11.3 Å². The quantitative estimate of drug-likeness (QED) is 0.150. The van der Waals surface area contributed by atoms with Crippen LogP contribution in [0.5, 0.6) is 5.75 Å². The molecule has 51 heavy (non-hydrogen) atoms. The van der Waals surface area contributed by atoms with Crippen molar-refractivity contribution in [1.29, 1.82) is 0 Å². The van der Waals surface area contributed by atoms with Crippen LogP contribution in [0, 0.1) is 13.8 Å². The number of methoxy groups -OCH3 is 1. The van der Waals surface area contributed by atoms with Crippen molar-refractivity contribution in [3.63, 3.8) is 0 Å². The molecule has 0 atom stereocenters. The number of nitrogens with one attached hydrogen (secondary N) is 3. The minimum absolute atomic E-state index is 0.0125. The number of hydrogen-bond donors (Lipinski definition) is 3. The molecule has 12 heteroatoms. The number of anilines is 1. The van der Waals surface area contributed by atoms with E-state index in [4.69, 9.17) is 14.2 Å². The molecular formula is C39H42N4O7S. The number of carbonyl (C=O) groups is 4. The Kier molecular flexibility index (Phi) is 10.9. The van der Waals surface area contributed by atoms with E-state index >= 15 is 0 Å². The molecule has 0 saturated carbocycles. The third-order valence-electron chi connectivity index (χ3n) is 8.17. The van der Waals surface area contributed by atoms with Crippen LogP contribution in [0.25, 0.3) is 21.6 Å². The number of benzene rings is 2. The molecule has 0 spiro atoms. The Morgan fingerprint density at radius 1 is 0.980 bits per heavy atom.